The van der Waals surface area contributed by atoms with Crippen molar-refractivity contribution in [3.05, 3.63) is 64.6 Å². The van der Waals surface area contributed by atoms with Gasteiger partial charge in [-0.15, -0.1) is 0 Å². The van der Waals surface area contributed by atoms with E-state index in [0.29, 0.717) is 34.5 Å². The van der Waals surface area contributed by atoms with Gasteiger partial charge < -0.3 is 9.47 Å². The summed E-state index contributed by atoms with van der Waals surface area (Å²) in [6, 6.07) is 14.6. The van der Waals surface area contributed by atoms with Crippen LogP contribution in [0.5, 0.6) is 5.75 Å². The third kappa shape index (κ3) is 5.98. The maximum Gasteiger partial charge on any atom is 0.338 e. The lowest BCUT2D eigenvalue weighted by Crippen LogP contribution is -2.23. The van der Waals surface area contributed by atoms with Crippen molar-refractivity contribution in [3.8, 4) is 5.75 Å². The fourth-order valence-corrected chi connectivity index (χ4v) is 3.85. The highest BCUT2D eigenvalue weighted by Gasteiger charge is 2.30. The molecule has 1 aliphatic heterocycles. The van der Waals surface area contributed by atoms with Crippen LogP contribution >= 0.6 is 11.8 Å². The van der Waals surface area contributed by atoms with E-state index in [0.717, 1.165) is 24.2 Å². The molecule has 0 saturated carbocycles. The number of carbonyl (C=O) groups excluding carboxylic acids is 2. The van der Waals surface area contributed by atoms with Gasteiger partial charge in [0.15, 0.2) is 5.17 Å². The number of hydrogen-bond donors (Lipinski definition) is 0. The van der Waals surface area contributed by atoms with E-state index < -0.39 is 5.97 Å². The SMILES string of the molecule is CCCCOc1cccc(C=C2SC(=Nc3cccc(C(=O)OCC)c3)N(C)C2=O)c1. The van der Waals surface area contributed by atoms with Gasteiger partial charge in [0.25, 0.3) is 5.91 Å². The topological polar surface area (TPSA) is 68.2 Å². The number of rotatable bonds is 8. The molecule has 0 bridgehead atoms. The van der Waals surface area contributed by atoms with Crippen LogP contribution < -0.4 is 4.74 Å². The number of thioether (sulfide) groups is 1. The van der Waals surface area contributed by atoms with Crippen molar-refractivity contribution in [2.75, 3.05) is 20.3 Å². The molecular weight excluding hydrogens is 412 g/mol. The summed E-state index contributed by atoms with van der Waals surface area (Å²) in [4.78, 5) is 31.3. The third-order valence-electron chi connectivity index (χ3n) is 4.51. The molecule has 0 radical (unpaired) electrons. The Bertz CT molecular complexity index is 1020. The molecule has 0 unspecified atom stereocenters. The van der Waals surface area contributed by atoms with E-state index in [1.807, 2.05) is 30.3 Å². The highest BCUT2D eigenvalue weighted by atomic mass is 32.2. The predicted octanol–water partition coefficient (Wildman–Crippen LogP) is 5.28. The minimum atomic E-state index is -0.394. The molecule has 1 amide bonds. The Morgan fingerprint density at radius 2 is 1.97 bits per heavy atom. The highest BCUT2D eigenvalue weighted by molar-refractivity contribution is 8.18. The lowest BCUT2D eigenvalue weighted by molar-refractivity contribution is -0.121. The highest BCUT2D eigenvalue weighted by Crippen LogP contribution is 2.33. The maximum absolute atomic E-state index is 12.7. The molecule has 162 valence electrons. The molecule has 1 saturated heterocycles. The first-order chi connectivity index (χ1) is 15.0. The third-order valence-corrected chi connectivity index (χ3v) is 5.57. The van der Waals surface area contributed by atoms with Crippen LogP contribution in [-0.2, 0) is 9.53 Å². The fraction of sp³-hybridized carbons (Fsp3) is 0.292. The van der Waals surface area contributed by atoms with Crippen LogP contribution in [0.3, 0.4) is 0 Å². The molecule has 1 aliphatic rings. The first-order valence-electron chi connectivity index (χ1n) is 10.3. The predicted molar refractivity (Wildman–Crippen MR) is 125 cm³/mol. The molecule has 2 aromatic carbocycles. The van der Waals surface area contributed by atoms with Gasteiger partial charge in [-0.05, 0) is 67.1 Å². The van der Waals surface area contributed by atoms with E-state index in [-0.39, 0.29) is 5.91 Å². The van der Waals surface area contributed by atoms with Gasteiger partial charge in [-0.1, -0.05) is 31.5 Å². The van der Waals surface area contributed by atoms with E-state index in [9.17, 15) is 9.59 Å². The fourth-order valence-electron chi connectivity index (χ4n) is 2.86. The molecule has 1 fully saturated rings. The summed E-state index contributed by atoms with van der Waals surface area (Å²) in [5.41, 5.74) is 1.90. The standard InChI is InChI=1S/C24H26N2O4S/c1-4-6-13-30-20-12-7-9-17(14-20)15-21-22(27)26(3)24(31-21)25-19-11-8-10-18(16-19)23(28)29-5-2/h7-12,14-16H,4-6,13H2,1-3H3. The summed E-state index contributed by atoms with van der Waals surface area (Å²) in [7, 11) is 1.69. The zero-order chi connectivity index (χ0) is 22.2. The molecule has 3 rings (SSSR count). The van der Waals surface area contributed by atoms with E-state index in [2.05, 4.69) is 11.9 Å². The molecule has 0 spiro atoms. The van der Waals surface area contributed by atoms with Crippen LogP contribution in [0.4, 0.5) is 5.69 Å². The summed E-state index contributed by atoms with van der Waals surface area (Å²) >= 11 is 1.30. The molecule has 0 atom stereocenters. The number of hydrogen-bond acceptors (Lipinski definition) is 6. The van der Waals surface area contributed by atoms with Gasteiger partial charge >= 0.3 is 5.97 Å². The second-order valence-corrected chi connectivity index (χ2v) is 7.92. The first kappa shape index (κ1) is 22.6. The summed E-state index contributed by atoms with van der Waals surface area (Å²) in [5, 5.41) is 0.549. The van der Waals surface area contributed by atoms with E-state index >= 15 is 0 Å². The molecule has 0 aliphatic carbocycles. The molecule has 31 heavy (non-hydrogen) atoms. The van der Waals surface area contributed by atoms with E-state index in [4.69, 9.17) is 9.47 Å². The summed E-state index contributed by atoms with van der Waals surface area (Å²) in [5.74, 6) is 0.272. The number of carbonyl (C=O) groups is 2. The molecular formula is C24H26N2O4S. The normalized spacial score (nSPS) is 16.2. The minimum absolute atomic E-state index is 0.123. The Balaban J connectivity index is 1.79. The van der Waals surface area contributed by atoms with Crippen LogP contribution in [-0.4, -0.2) is 42.2 Å². The van der Waals surface area contributed by atoms with Gasteiger partial charge in [0.05, 0.1) is 29.4 Å². The van der Waals surface area contributed by atoms with Crippen molar-refractivity contribution in [2.45, 2.75) is 26.7 Å². The Kier molecular flexibility index (Phi) is 7.89. The number of ether oxygens (including phenoxy) is 2. The van der Waals surface area contributed by atoms with Crippen LogP contribution in [0.25, 0.3) is 6.08 Å². The number of esters is 1. The lowest BCUT2D eigenvalue weighted by Gasteiger charge is -2.08. The largest absolute Gasteiger partial charge is 0.494 e. The van der Waals surface area contributed by atoms with Crippen LogP contribution in [0.1, 0.15) is 42.6 Å². The summed E-state index contributed by atoms with van der Waals surface area (Å²) in [6.07, 6.45) is 3.92. The molecule has 0 N–H and O–H groups in total. The average Bonchev–Trinajstić information content (AvgIpc) is 3.02. The second kappa shape index (κ2) is 10.8. The van der Waals surface area contributed by atoms with E-state index in [1.165, 1.54) is 16.7 Å². The number of aliphatic imine (C=N–C) groups is 1. The monoisotopic (exact) mass is 438 g/mol. The number of unbranched alkanes of at least 4 members (excludes halogenated alkanes) is 1. The van der Waals surface area contributed by atoms with Crippen LogP contribution in [0.15, 0.2) is 58.4 Å². The van der Waals surface area contributed by atoms with Gasteiger partial charge in [-0.25, -0.2) is 9.79 Å². The Morgan fingerprint density at radius 1 is 1.16 bits per heavy atom. The number of amides is 1. The number of amidine groups is 1. The van der Waals surface area contributed by atoms with Crippen LogP contribution in [0, 0.1) is 0 Å². The number of nitrogens with zero attached hydrogens (tertiary/aromatic N) is 2. The Morgan fingerprint density at radius 3 is 2.74 bits per heavy atom. The Hall–Kier alpha value is -3.06. The Labute approximate surface area is 187 Å². The van der Waals surface area contributed by atoms with Crippen molar-refractivity contribution in [1.82, 2.24) is 4.90 Å². The van der Waals surface area contributed by atoms with Crippen molar-refractivity contribution < 1.29 is 19.1 Å². The number of likely N-dealkylation sites (N-methyl/N-ethyl adjacent to an activating group) is 1. The quantitative estimate of drug-likeness (QED) is 0.319. The smallest absolute Gasteiger partial charge is 0.338 e. The zero-order valence-corrected chi connectivity index (χ0v) is 18.8. The van der Waals surface area contributed by atoms with Crippen molar-refractivity contribution in [3.63, 3.8) is 0 Å². The first-order valence-corrected chi connectivity index (χ1v) is 11.1. The second-order valence-electron chi connectivity index (χ2n) is 6.91. The van der Waals surface area contributed by atoms with Gasteiger partial charge in [-0.2, -0.15) is 0 Å². The van der Waals surface area contributed by atoms with Crippen LogP contribution in [0.2, 0.25) is 0 Å². The molecule has 2 aromatic rings. The zero-order valence-electron chi connectivity index (χ0n) is 18.0. The lowest BCUT2D eigenvalue weighted by atomic mass is 10.2. The van der Waals surface area contributed by atoms with Gasteiger partial charge in [0.2, 0.25) is 0 Å². The van der Waals surface area contributed by atoms with Crippen molar-refractivity contribution in [1.29, 1.82) is 0 Å². The summed E-state index contributed by atoms with van der Waals surface area (Å²) < 4.78 is 10.8. The van der Waals surface area contributed by atoms with Gasteiger partial charge in [0, 0.05) is 7.05 Å². The summed E-state index contributed by atoms with van der Waals surface area (Å²) in [6.45, 7) is 4.87. The van der Waals surface area contributed by atoms with Gasteiger partial charge in [-0.3, -0.25) is 9.69 Å². The average molecular weight is 439 g/mol. The van der Waals surface area contributed by atoms with Gasteiger partial charge in [0.1, 0.15) is 5.75 Å². The maximum atomic E-state index is 12.7. The molecule has 1 heterocycles. The molecule has 6 nitrogen and oxygen atoms in total. The van der Waals surface area contributed by atoms with Crippen molar-refractivity contribution >= 4 is 40.6 Å². The molecule has 7 heteroatoms. The van der Waals surface area contributed by atoms with Crippen molar-refractivity contribution in [2.24, 2.45) is 4.99 Å². The minimum Gasteiger partial charge on any atom is -0.494 e. The number of benzene rings is 2. The molecule has 0 aromatic heterocycles. The van der Waals surface area contributed by atoms with E-state index in [1.54, 1.807) is 38.2 Å².